The van der Waals surface area contributed by atoms with Gasteiger partial charge in [-0.25, -0.2) is 0 Å². The fraction of sp³-hybridized carbons (Fsp3) is 0.0667. The summed E-state index contributed by atoms with van der Waals surface area (Å²) in [4.78, 5) is 17.2. The van der Waals surface area contributed by atoms with Crippen LogP contribution < -0.4 is 5.32 Å². The molecule has 5 heteroatoms. The minimum absolute atomic E-state index is 0.176. The van der Waals surface area contributed by atoms with Crippen LogP contribution in [-0.4, -0.2) is 16.6 Å². The molecule has 2 rings (SSSR count). The zero-order valence-electron chi connectivity index (χ0n) is 10.7. The maximum absolute atomic E-state index is 12.2. The molecule has 0 atom stereocenters. The quantitative estimate of drug-likeness (QED) is 0.644. The molecule has 0 aliphatic rings. The molecule has 0 unspecified atom stereocenters. The highest BCUT2D eigenvalue weighted by Gasteiger charge is 2.09. The summed E-state index contributed by atoms with van der Waals surface area (Å²) in [6, 6.07) is 9.44. The van der Waals surface area contributed by atoms with Crippen molar-refractivity contribution in [3.63, 3.8) is 0 Å². The Balaban J connectivity index is 2.17. The van der Waals surface area contributed by atoms with Gasteiger partial charge in [0.05, 0.1) is 11.3 Å². The average Bonchev–Trinajstić information content (AvgIpc) is 2.46. The summed E-state index contributed by atoms with van der Waals surface area (Å²) in [6.07, 6.45) is 5.02. The van der Waals surface area contributed by atoms with E-state index >= 15 is 0 Å². The maximum Gasteiger partial charge on any atom is 0.257 e. The number of nitrogens with one attached hydrogen (secondary N) is 1. The van der Waals surface area contributed by atoms with Crippen LogP contribution in [0.5, 0.6) is 0 Å². The van der Waals surface area contributed by atoms with E-state index < -0.39 is 0 Å². The molecule has 0 spiro atoms. The number of aromatic nitrogens is 1. The van der Waals surface area contributed by atoms with Gasteiger partial charge in [0.25, 0.3) is 5.91 Å². The lowest BCUT2D eigenvalue weighted by Crippen LogP contribution is -2.12. The van der Waals surface area contributed by atoms with Crippen LogP contribution in [0.1, 0.15) is 10.4 Å². The molecule has 0 aliphatic carbocycles. The summed E-state index contributed by atoms with van der Waals surface area (Å²) in [7, 11) is 0. The summed E-state index contributed by atoms with van der Waals surface area (Å²) >= 11 is 4.94. The number of hydrogen-bond donors (Lipinski definition) is 1. The van der Waals surface area contributed by atoms with Gasteiger partial charge in [-0.2, -0.15) is 0 Å². The predicted octanol–water partition coefficient (Wildman–Crippen LogP) is 4.37. The molecule has 2 aromatic rings. The number of benzene rings is 1. The van der Waals surface area contributed by atoms with E-state index in [2.05, 4.69) is 32.8 Å². The minimum atomic E-state index is -0.176. The van der Waals surface area contributed by atoms with Crippen LogP contribution in [0.4, 0.5) is 5.69 Å². The number of thioether (sulfide) groups is 1. The van der Waals surface area contributed by atoms with Crippen molar-refractivity contribution >= 4 is 39.3 Å². The molecule has 102 valence electrons. The predicted molar refractivity (Wildman–Crippen MR) is 87.3 cm³/mol. The first-order valence-electron chi connectivity index (χ1n) is 5.95. The van der Waals surface area contributed by atoms with Crippen LogP contribution in [0.25, 0.3) is 0 Å². The second-order valence-corrected chi connectivity index (χ2v) is 5.92. The van der Waals surface area contributed by atoms with Crippen molar-refractivity contribution in [3.05, 3.63) is 65.4 Å². The molecule has 1 aromatic heterocycles. The number of halogens is 1. The number of para-hydroxylation sites is 1. The number of hydrogen-bond acceptors (Lipinski definition) is 3. The van der Waals surface area contributed by atoms with Gasteiger partial charge in [-0.3, -0.25) is 9.78 Å². The van der Waals surface area contributed by atoms with E-state index in [0.717, 1.165) is 20.8 Å². The molecule has 1 heterocycles. The fourth-order valence-electron chi connectivity index (χ4n) is 1.57. The Labute approximate surface area is 130 Å². The first-order chi connectivity index (χ1) is 9.70. The first-order valence-corrected chi connectivity index (χ1v) is 7.73. The Morgan fingerprint density at radius 3 is 2.95 bits per heavy atom. The zero-order valence-corrected chi connectivity index (χ0v) is 13.1. The van der Waals surface area contributed by atoms with Crippen molar-refractivity contribution in [2.75, 3.05) is 11.1 Å². The van der Waals surface area contributed by atoms with Crippen molar-refractivity contribution in [2.24, 2.45) is 0 Å². The zero-order chi connectivity index (χ0) is 14.4. The number of carbonyl (C=O) groups is 1. The highest BCUT2D eigenvalue weighted by atomic mass is 79.9. The van der Waals surface area contributed by atoms with Gasteiger partial charge in [0.15, 0.2) is 0 Å². The van der Waals surface area contributed by atoms with E-state index in [9.17, 15) is 4.79 Å². The summed E-state index contributed by atoms with van der Waals surface area (Å²) in [5.41, 5.74) is 1.31. The SMILES string of the molecule is C=CCSc1ccccc1NC(=O)c1cncc(Br)c1. The molecule has 20 heavy (non-hydrogen) atoms. The van der Waals surface area contributed by atoms with Gasteiger partial charge in [-0.15, -0.1) is 18.3 Å². The number of rotatable bonds is 5. The Morgan fingerprint density at radius 1 is 1.40 bits per heavy atom. The smallest absolute Gasteiger partial charge is 0.257 e. The van der Waals surface area contributed by atoms with E-state index in [1.165, 1.54) is 0 Å². The second kappa shape index (κ2) is 7.26. The third-order valence-corrected chi connectivity index (χ3v) is 3.96. The van der Waals surface area contributed by atoms with Crippen molar-refractivity contribution in [1.29, 1.82) is 0 Å². The highest BCUT2D eigenvalue weighted by Crippen LogP contribution is 2.27. The van der Waals surface area contributed by atoms with Gasteiger partial charge in [0.1, 0.15) is 0 Å². The van der Waals surface area contributed by atoms with Gasteiger partial charge in [0, 0.05) is 27.5 Å². The lowest BCUT2D eigenvalue weighted by Gasteiger charge is -2.10. The Kier molecular flexibility index (Phi) is 5.38. The lowest BCUT2D eigenvalue weighted by molar-refractivity contribution is 0.102. The monoisotopic (exact) mass is 348 g/mol. The van der Waals surface area contributed by atoms with Crippen LogP contribution in [0, 0.1) is 0 Å². The molecule has 0 radical (unpaired) electrons. The largest absolute Gasteiger partial charge is 0.321 e. The molecule has 1 amide bonds. The number of anilines is 1. The lowest BCUT2D eigenvalue weighted by atomic mass is 10.2. The highest BCUT2D eigenvalue weighted by molar-refractivity contribution is 9.10. The summed E-state index contributed by atoms with van der Waals surface area (Å²) in [5, 5.41) is 2.91. The van der Waals surface area contributed by atoms with E-state index in [-0.39, 0.29) is 5.91 Å². The van der Waals surface area contributed by atoms with E-state index in [0.29, 0.717) is 5.56 Å². The Bertz CT molecular complexity index is 631. The molecule has 3 nitrogen and oxygen atoms in total. The molecule has 0 saturated carbocycles. The normalized spacial score (nSPS) is 10.1. The van der Waals surface area contributed by atoms with Gasteiger partial charge in [-0.1, -0.05) is 18.2 Å². The summed E-state index contributed by atoms with van der Waals surface area (Å²) in [6.45, 7) is 3.70. The van der Waals surface area contributed by atoms with Gasteiger partial charge >= 0.3 is 0 Å². The molecule has 0 fully saturated rings. The van der Waals surface area contributed by atoms with Gasteiger partial charge < -0.3 is 5.32 Å². The number of pyridine rings is 1. The van der Waals surface area contributed by atoms with E-state index in [1.807, 2.05) is 30.3 Å². The molecule has 0 saturated heterocycles. The minimum Gasteiger partial charge on any atom is -0.321 e. The van der Waals surface area contributed by atoms with E-state index in [1.54, 1.807) is 30.2 Å². The van der Waals surface area contributed by atoms with Crippen molar-refractivity contribution in [3.8, 4) is 0 Å². The standard InChI is InChI=1S/C15H13BrN2OS/c1-2-7-20-14-6-4-3-5-13(14)18-15(19)11-8-12(16)10-17-9-11/h2-6,8-10H,1,7H2,(H,18,19). The van der Waals surface area contributed by atoms with Crippen LogP contribution in [0.15, 0.2) is 64.7 Å². The van der Waals surface area contributed by atoms with Crippen LogP contribution in [-0.2, 0) is 0 Å². The molecule has 1 aromatic carbocycles. The van der Waals surface area contributed by atoms with Crippen LogP contribution in [0.3, 0.4) is 0 Å². The third-order valence-electron chi connectivity index (χ3n) is 2.46. The molecular weight excluding hydrogens is 336 g/mol. The number of nitrogens with zero attached hydrogens (tertiary/aromatic N) is 1. The maximum atomic E-state index is 12.2. The Morgan fingerprint density at radius 2 is 2.20 bits per heavy atom. The van der Waals surface area contributed by atoms with Crippen molar-refractivity contribution in [1.82, 2.24) is 4.98 Å². The van der Waals surface area contributed by atoms with Crippen molar-refractivity contribution < 1.29 is 4.79 Å². The van der Waals surface area contributed by atoms with Gasteiger partial charge in [-0.05, 0) is 34.1 Å². The number of carbonyl (C=O) groups excluding carboxylic acids is 1. The molecule has 0 aliphatic heterocycles. The number of amides is 1. The first kappa shape index (κ1) is 14.8. The molecular formula is C15H13BrN2OS. The van der Waals surface area contributed by atoms with Crippen LogP contribution in [0.2, 0.25) is 0 Å². The summed E-state index contributed by atoms with van der Waals surface area (Å²) in [5.74, 6) is 0.621. The molecule has 1 N–H and O–H groups in total. The topological polar surface area (TPSA) is 42.0 Å². The third kappa shape index (κ3) is 3.95. The average molecular weight is 349 g/mol. The van der Waals surface area contributed by atoms with Crippen LogP contribution >= 0.6 is 27.7 Å². The summed E-state index contributed by atoms with van der Waals surface area (Å²) < 4.78 is 0.777. The second-order valence-electron chi connectivity index (χ2n) is 3.94. The van der Waals surface area contributed by atoms with E-state index in [4.69, 9.17) is 0 Å². The molecule has 0 bridgehead atoms. The fourth-order valence-corrected chi connectivity index (χ4v) is 2.69. The Hall–Kier alpha value is -1.59. The van der Waals surface area contributed by atoms with Gasteiger partial charge in [0.2, 0.25) is 0 Å². The van der Waals surface area contributed by atoms with Crippen molar-refractivity contribution in [2.45, 2.75) is 4.90 Å².